The Morgan fingerprint density at radius 2 is 2.11 bits per heavy atom. The number of rotatable bonds is 3. The van der Waals surface area contributed by atoms with Crippen LogP contribution in [-0.4, -0.2) is 14.7 Å². The van der Waals surface area contributed by atoms with Gasteiger partial charge in [0.15, 0.2) is 0 Å². The third kappa shape index (κ3) is 2.24. The first kappa shape index (κ1) is 12.9. The molecule has 2 aromatic heterocycles. The third-order valence-corrected chi connectivity index (χ3v) is 2.99. The van der Waals surface area contributed by atoms with Crippen LogP contribution in [0.15, 0.2) is 14.1 Å². The average molecular weight is 265 g/mol. The Balaban J connectivity index is 2.33. The van der Waals surface area contributed by atoms with E-state index in [-0.39, 0.29) is 11.5 Å². The summed E-state index contributed by atoms with van der Waals surface area (Å²) >= 11 is 0. The molecule has 2 rings (SSSR count). The van der Waals surface area contributed by atoms with Gasteiger partial charge in [-0.05, 0) is 13.8 Å². The van der Waals surface area contributed by atoms with Crippen LogP contribution in [0.2, 0.25) is 0 Å². The number of nitrogens with two attached hydrogens (primary N) is 1. The maximum atomic E-state index is 11.7. The SMILES string of the molecule is Cc1noc(C)c1CNc1c(N)n(C)c(=O)[nH]c1=O. The van der Waals surface area contributed by atoms with Crippen molar-refractivity contribution in [3.8, 4) is 0 Å². The first-order valence-electron chi connectivity index (χ1n) is 5.66. The Kier molecular flexibility index (Phi) is 3.16. The van der Waals surface area contributed by atoms with E-state index in [0.29, 0.717) is 12.3 Å². The van der Waals surface area contributed by atoms with Crippen molar-refractivity contribution in [2.75, 3.05) is 11.1 Å². The van der Waals surface area contributed by atoms with Crippen LogP contribution in [0, 0.1) is 13.8 Å². The van der Waals surface area contributed by atoms with E-state index in [2.05, 4.69) is 15.5 Å². The topological polar surface area (TPSA) is 119 Å². The van der Waals surface area contributed by atoms with E-state index < -0.39 is 11.2 Å². The van der Waals surface area contributed by atoms with Crippen LogP contribution in [0.5, 0.6) is 0 Å². The lowest BCUT2D eigenvalue weighted by molar-refractivity contribution is 0.392. The van der Waals surface area contributed by atoms with Crippen molar-refractivity contribution in [3.05, 3.63) is 37.9 Å². The first-order valence-corrected chi connectivity index (χ1v) is 5.66. The summed E-state index contributed by atoms with van der Waals surface area (Å²) in [4.78, 5) is 25.2. The zero-order chi connectivity index (χ0) is 14.2. The minimum atomic E-state index is -0.551. The molecular weight excluding hydrogens is 250 g/mol. The number of hydrogen-bond donors (Lipinski definition) is 3. The Labute approximate surface area is 108 Å². The minimum absolute atomic E-state index is 0.0838. The highest BCUT2D eigenvalue weighted by Gasteiger charge is 2.13. The number of aryl methyl sites for hydroxylation is 2. The van der Waals surface area contributed by atoms with E-state index in [9.17, 15) is 9.59 Å². The number of hydrogen-bond acceptors (Lipinski definition) is 6. The van der Waals surface area contributed by atoms with Crippen molar-refractivity contribution >= 4 is 11.5 Å². The molecule has 0 spiro atoms. The predicted molar refractivity (Wildman–Crippen MR) is 70.0 cm³/mol. The van der Waals surface area contributed by atoms with E-state index in [4.69, 9.17) is 10.3 Å². The zero-order valence-electron chi connectivity index (χ0n) is 10.9. The summed E-state index contributed by atoms with van der Waals surface area (Å²) in [5, 5.41) is 6.72. The number of nitrogen functional groups attached to an aromatic ring is 1. The average Bonchev–Trinajstić information content (AvgIpc) is 2.67. The molecule has 0 aromatic carbocycles. The molecule has 0 aliphatic heterocycles. The standard InChI is InChI=1S/C11H15N5O3/c1-5-7(6(2)19-15-5)4-13-8-9(12)16(3)11(18)14-10(8)17/h13H,4,12H2,1-3H3,(H,14,17,18). The van der Waals surface area contributed by atoms with Crippen molar-refractivity contribution < 1.29 is 4.52 Å². The Morgan fingerprint density at radius 1 is 1.42 bits per heavy atom. The van der Waals surface area contributed by atoms with Gasteiger partial charge in [-0.2, -0.15) is 0 Å². The van der Waals surface area contributed by atoms with E-state index in [1.54, 1.807) is 6.92 Å². The molecule has 0 fully saturated rings. The van der Waals surface area contributed by atoms with Crippen molar-refractivity contribution in [1.29, 1.82) is 0 Å². The number of nitrogens with zero attached hydrogens (tertiary/aromatic N) is 2. The van der Waals surface area contributed by atoms with E-state index in [0.717, 1.165) is 15.8 Å². The summed E-state index contributed by atoms with van der Waals surface area (Å²) in [6.07, 6.45) is 0. The van der Waals surface area contributed by atoms with Gasteiger partial charge in [0.05, 0.1) is 5.69 Å². The second kappa shape index (κ2) is 4.63. The van der Waals surface area contributed by atoms with Gasteiger partial charge >= 0.3 is 5.69 Å². The summed E-state index contributed by atoms with van der Waals surface area (Å²) in [7, 11) is 1.48. The molecule has 2 heterocycles. The predicted octanol–water partition coefficient (Wildman–Crippen LogP) is -0.127. The van der Waals surface area contributed by atoms with Crippen molar-refractivity contribution in [2.24, 2.45) is 7.05 Å². The summed E-state index contributed by atoms with van der Waals surface area (Å²) in [6.45, 7) is 3.93. The van der Waals surface area contributed by atoms with Gasteiger partial charge in [-0.15, -0.1) is 0 Å². The number of aromatic amines is 1. The lowest BCUT2D eigenvalue weighted by Gasteiger charge is -2.10. The van der Waals surface area contributed by atoms with Crippen LogP contribution < -0.4 is 22.3 Å². The maximum absolute atomic E-state index is 11.7. The van der Waals surface area contributed by atoms with Gasteiger partial charge < -0.3 is 15.6 Å². The quantitative estimate of drug-likeness (QED) is 0.711. The molecule has 8 nitrogen and oxygen atoms in total. The molecule has 0 saturated heterocycles. The first-order chi connectivity index (χ1) is 8.91. The molecule has 0 amide bonds. The second-order valence-electron chi connectivity index (χ2n) is 4.23. The zero-order valence-corrected chi connectivity index (χ0v) is 10.9. The van der Waals surface area contributed by atoms with E-state index in [1.165, 1.54) is 7.05 Å². The van der Waals surface area contributed by atoms with Crippen LogP contribution in [0.25, 0.3) is 0 Å². The molecule has 102 valence electrons. The Hall–Kier alpha value is -2.51. The minimum Gasteiger partial charge on any atom is -0.383 e. The molecule has 0 radical (unpaired) electrons. The number of anilines is 2. The van der Waals surface area contributed by atoms with E-state index >= 15 is 0 Å². The second-order valence-corrected chi connectivity index (χ2v) is 4.23. The van der Waals surface area contributed by atoms with Crippen LogP contribution >= 0.6 is 0 Å². The smallest absolute Gasteiger partial charge is 0.329 e. The number of H-pyrrole nitrogens is 1. The Morgan fingerprint density at radius 3 is 2.68 bits per heavy atom. The third-order valence-electron chi connectivity index (χ3n) is 2.99. The molecule has 0 bridgehead atoms. The molecule has 0 atom stereocenters. The normalized spacial score (nSPS) is 10.7. The summed E-state index contributed by atoms with van der Waals surface area (Å²) < 4.78 is 6.19. The van der Waals surface area contributed by atoms with Gasteiger partial charge in [-0.3, -0.25) is 14.3 Å². The largest absolute Gasteiger partial charge is 0.383 e. The molecule has 2 aromatic rings. The van der Waals surface area contributed by atoms with Gasteiger partial charge in [-0.25, -0.2) is 4.79 Å². The molecule has 0 saturated carbocycles. The Bertz CT molecular complexity index is 705. The lowest BCUT2D eigenvalue weighted by atomic mass is 10.2. The van der Waals surface area contributed by atoms with Crippen LogP contribution in [0.4, 0.5) is 11.5 Å². The molecule has 8 heteroatoms. The van der Waals surface area contributed by atoms with Crippen LogP contribution in [0.1, 0.15) is 17.0 Å². The summed E-state index contributed by atoms with van der Waals surface area (Å²) in [5.41, 5.74) is 6.39. The van der Waals surface area contributed by atoms with Crippen molar-refractivity contribution in [1.82, 2.24) is 14.7 Å². The van der Waals surface area contributed by atoms with Crippen molar-refractivity contribution in [3.63, 3.8) is 0 Å². The monoisotopic (exact) mass is 265 g/mol. The van der Waals surface area contributed by atoms with Crippen LogP contribution in [-0.2, 0) is 13.6 Å². The fourth-order valence-corrected chi connectivity index (χ4v) is 1.74. The fraction of sp³-hybridized carbons (Fsp3) is 0.364. The van der Waals surface area contributed by atoms with Gasteiger partial charge in [0.25, 0.3) is 5.56 Å². The van der Waals surface area contributed by atoms with Crippen molar-refractivity contribution in [2.45, 2.75) is 20.4 Å². The molecule has 0 aliphatic rings. The summed E-state index contributed by atoms with van der Waals surface area (Å²) in [6, 6.07) is 0. The molecule has 19 heavy (non-hydrogen) atoms. The highest BCUT2D eigenvalue weighted by atomic mass is 16.5. The molecular formula is C11H15N5O3. The molecule has 0 aliphatic carbocycles. The van der Waals surface area contributed by atoms with E-state index in [1.807, 2.05) is 6.92 Å². The lowest BCUT2D eigenvalue weighted by Crippen LogP contribution is -2.32. The number of nitrogens with one attached hydrogen (secondary N) is 2. The fourth-order valence-electron chi connectivity index (χ4n) is 1.74. The van der Waals surface area contributed by atoms with Gasteiger partial charge in [0.2, 0.25) is 0 Å². The highest BCUT2D eigenvalue weighted by molar-refractivity contribution is 5.60. The highest BCUT2D eigenvalue weighted by Crippen LogP contribution is 2.15. The van der Waals surface area contributed by atoms with Gasteiger partial charge in [0, 0.05) is 19.2 Å². The molecule has 4 N–H and O–H groups in total. The maximum Gasteiger partial charge on any atom is 0.329 e. The molecule has 0 unspecified atom stereocenters. The number of aromatic nitrogens is 3. The van der Waals surface area contributed by atoms with Gasteiger partial charge in [0.1, 0.15) is 17.3 Å². The summed E-state index contributed by atoms with van der Waals surface area (Å²) in [5.74, 6) is 0.755. The van der Waals surface area contributed by atoms with Crippen LogP contribution in [0.3, 0.4) is 0 Å². The van der Waals surface area contributed by atoms with Gasteiger partial charge in [-0.1, -0.05) is 5.16 Å².